The lowest BCUT2D eigenvalue weighted by Gasteiger charge is -1.84. The van der Waals surface area contributed by atoms with Gasteiger partial charge >= 0.3 is 0 Å². The zero-order chi connectivity index (χ0) is 9.97. The Morgan fingerprint density at radius 1 is 1.29 bits per heavy atom. The van der Waals surface area contributed by atoms with Gasteiger partial charge in [0.1, 0.15) is 0 Å². The fourth-order valence-electron chi connectivity index (χ4n) is 0.925. The molecule has 0 unspecified atom stereocenters. The summed E-state index contributed by atoms with van der Waals surface area (Å²) < 4.78 is 0. The molecule has 1 aliphatic heterocycles. The van der Waals surface area contributed by atoms with Crippen LogP contribution >= 0.6 is 0 Å². The smallest absolute Gasteiger partial charge is 0.271 e. The molecule has 0 radical (unpaired) electrons. The van der Waals surface area contributed by atoms with E-state index in [2.05, 4.69) is 20.2 Å². The van der Waals surface area contributed by atoms with Gasteiger partial charge in [-0.05, 0) is 12.1 Å². The number of carbonyl (C=O) groups excluding carboxylic acids is 1. The summed E-state index contributed by atoms with van der Waals surface area (Å²) in [6, 6.07) is 3.01. The van der Waals surface area contributed by atoms with E-state index in [4.69, 9.17) is 5.11 Å². The SMILES string of the molecule is O=C1C=CC(N=Nc2ccc(O)[nH]2)=N1. The first-order valence-electron chi connectivity index (χ1n) is 3.84. The van der Waals surface area contributed by atoms with Gasteiger partial charge < -0.3 is 10.1 Å². The van der Waals surface area contributed by atoms with Gasteiger partial charge in [-0.25, -0.2) is 0 Å². The first-order chi connectivity index (χ1) is 6.74. The molecule has 1 aliphatic rings. The Bertz CT molecular complexity index is 456. The summed E-state index contributed by atoms with van der Waals surface area (Å²) in [5.74, 6) is 0.328. The Morgan fingerprint density at radius 2 is 2.14 bits per heavy atom. The molecule has 1 amide bonds. The van der Waals surface area contributed by atoms with Gasteiger partial charge in [0, 0.05) is 12.1 Å². The van der Waals surface area contributed by atoms with Crippen LogP contribution in [0.25, 0.3) is 0 Å². The van der Waals surface area contributed by atoms with E-state index in [1.807, 2.05) is 0 Å². The highest BCUT2D eigenvalue weighted by atomic mass is 16.3. The Balaban J connectivity index is 2.12. The van der Waals surface area contributed by atoms with Crippen LogP contribution in [0.2, 0.25) is 0 Å². The summed E-state index contributed by atoms with van der Waals surface area (Å²) in [4.78, 5) is 16.7. The highest BCUT2D eigenvalue weighted by molar-refractivity contribution is 6.12. The molecule has 2 heterocycles. The van der Waals surface area contributed by atoms with Crippen molar-refractivity contribution in [3.8, 4) is 5.88 Å². The molecule has 6 nitrogen and oxygen atoms in total. The Kier molecular flexibility index (Phi) is 1.94. The minimum Gasteiger partial charge on any atom is -0.495 e. The van der Waals surface area contributed by atoms with Gasteiger partial charge in [-0.15, -0.1) is 10.2 Å². The summed E-state index contributed by atoms with van der Waals surface area (Å²) in [5, 5.41) is 16.3. The predicted molar refractivity (Wildman–Crippen MR) is 48.6 cm³/mol. The van der Waals surface area contributed by atoms with Crippen molar-refractivity contribution >= 4 is 17.6 Å². The molecule has 14 heavy (non-hydrogen) atoms. The molecule has 0 spiro atoms. The maximum atomic E-state index is 10.6. The van der Waals surface area contributed by atoms with Crippen molar-refractivity contribution in [3.05, 3.63) is 24.3 Å². The molecule has 0 fully saturated rings. The largest absolute Gasteiger partial charge is 0.495 e. The van der Waals surface area contributed by atoms with Gasteiger partial charge in [-0.2, -0.15) is 4.99 Å². The van der Waals surface area contributed by atoms with E-state index in [1.165, 1.54) is 18.2 Å². The van der Waals surface area contributed by atoms with Crippen LogP contribution in [0.5, 0.6) is 5.88 Å². The van der Waals surface area contributed by atoms with E-state index in [-0.39, 0.29) is 17.6 Å². The van der Waals surface area contributed by atoms with Gasteiger partial charge in [0.15, 0.2) is 17.5 Å². The van der Waals surface area contributed by atoms with Crippen LogP contribution in [0.15, 0.2) is 39.5 Å². The summed E-state index contributed by atoms with van der Waals surface area (Å²) in [6.45, 7) is 0. The van der Waals surface area contributed by atoms with Crippen molar-refractivity contribution in [1.29, 1.82) is 0 Å². The molecule has 2 N–H and O–H groups in total. The van der Waals surface area contributed by atoms with Crippen LogP contribution in [0.3, 0.4) is 0 Å². The number of amides is 1. The molecule has 0 saturated carbocycles. The lowest BCUT2D eigenvalue weighted by atomic mass is 10.5. The number of rotatable bonds is 1. The van der Waals surface area contributed by atoms with Gasteiger partial charge in [0.2, 0.25) is 0 Å². The van der Waals surface area contributed by atoms with Crippen LogP contribution in [-0.2, 0) is 4.79 Å². The molecule has 70 valence electrons. The van der Waals surface area contributed by atoms with Crippen molar-refractivity contribution in [1.82, 2.24) is 4.98 Å². The number of H-pyrrole nitrogens is 1. The fraction of sp³-hybridized carbons (Fsp3) is 0. The fourth-order valence-corrected chi connectivity index (χ4v) is 0.925. The Labute approximate surface area is 78.7 Å². The van der Waals surface area contributed by atoms with Gasteiger partial charge in [-0.1, -0.05) is 0 Å². The second-order valence-corrected chi connectivity index (χ2v) is 2.57. The van der Waals surface area contributed by atoms with Gasteiger partial charge in [0.05, 0.1) is 0 Å². The maximum Gasteiger partial charge on any atom is 0.271 e. The number of nitrogens with one attached hydrogen (secondary N) is 1. The van der Waals surface area contributed by atoms with E-state index in [9.17, 15) is 4.79 Å². The third-order valence-corrected chi connectivity index (χ3v) is 1.52. The summed E-state index contributed by atoms with van der Waals surface area (Å²) in [5.41, 5.74) is 0. The minimum absolute atomic E-state index is 0.0129. The lowest BCUT2D eigenvalue weighted by molar-refractivity contribution is -0.113. The highest BCUT2D eigenvalue weighted by Crippen LogP contribution is 2.15. The number of aromatic amines is 1. The first kappa shape index (κ1) is 8.36. The van der Waals surface area contributed by atoms with E-state index in [1.54, 1.807) is 6.07 Å². The average Bonchev–Trinajstić information content (AvgIpc) is 2.72. The van der Waals surface area contributed by atoms with Crippen LogP contribution in [0, 0.1) is 0 Å². The standard InChI is InChI=1S/C8H6N4O2/c13-7-3-1-5(9-7)11-12-6-2-4-8(14)10-6/h1-4,9,13H. The lowest BCUT2D eigenvalue weighted by Crippen LogP contribution is -1.83. The molecule has 0 atom stereocenters. The summed E-state index contributed by atoms with van der Waals surface area (Å²) >= 11 is 0. The molecular formula is C8H6N4O2. The van der Waals surface area contributed by atoms with E-state index < -0.39 is 0 Å². The number of aromatic hydroxyl groups is 1. The quantitative estimate of drug-likeness (QED) is 0.653. The van der Waals surface area contributed by atoms with Gasteiger partial charge in [0.25, 0.3) is 5.91 Å². The molecule has 1 aromatic rings. The summed E-state index contributed by atoms with van der Waals surface area (Å²) in [7, 11) is 0. The predicted octanol–water partition coefficient (Wildman–Crippen LogP) is 1.30. The monoisotopic (exact) mass is 190 g/mol. The normalized spacial score (nSPS) is 15.4. The number of azo groups is 1. The van der Waals surface area contributed by atoms with Crippen LogP contribution < -0.4 is 0 Å². The number of hydrogen-bond acceptors (Lipinski definition) is 4. The van der Waals surface area contributed by atoms with E-state index >= 15 is 0 Å². The van der Waals surface area contributed by atoms with Crippen molar-refractivity contribution < 1.29 is 9.90 Å². The molecule has 1 aromatic heterocycles. The van der Waals surface area contributed by atoms with Crippen molar-refractivity contribution in [2.45, 2.75) is 0 Å². The minimum atomic E-state index is -0.340. The number of carbonyl (C=O) groups is 1. The van der Waals surface area contributed by atoms with Crippen molar-refractivity contribution in [2.24, 2.45) is 15.2 Å². The Hall–Kier alpha value is -2.24. The number of aliphatic imine (C=N–C) groups is 1. The van der Waals surface area contributed by atoms with Crippen molar-refractivity contribution in [3.63, 3.8) is 0 Å². The number of nitrogens with zero attached hydrogens (tertiary/aromatic N) is 3. The zero-order valence-electron chi connectivity index (χ0n) is 7.01. The molecule has 0 bridgehead atoms. The summed E-state index contributed by atoms with van der Waals surface area (Å²) in [6.07, 6.45) is 2.77. The van der Waals surface area contributed by atoms with Crippen molar-refractivity contribution in [2.75, 3.05) is 0 Å². The molecule has 0 aliphatic carbocycles. The van der Waals surface area contributed by atoms with Crippen LogP contribution in [0.1, 0.15) is 0 Å². The number of hydrogen-bond donors (Lipinski definition) is 2. The van der Waals surface area contributed by atoms with E-state index in [0.717, 1.165) is 0 Å². The second kappa shape index (κ2) is 3.25. The third kappa shape index (κ3) is 1.74. The molecule has 0 aromatic carbocycles. The Morgan fingerprint density at radius 3 is 2.71 bits per heavy atom. The molecule has 6 heteroatoms. The van der Waals surface area contributed by atoms with E-state index in [0.29, 0.717) is 5.82 Å². The van der Waals surface area contributed by atoms with Crippen LogP contribution in [-0.4, -0.2) is 21.8 Å². The number of aromatic nitrogens is 1. The topological polar surface area (TPSA) is 90.2 Å². The highest BCUT2D eigenvalue weighted by Gasteiger charge is 2.04. The van der Waals surface area contributed by atoms with Gasteiger partial charge in [-0.3, -0.25) is 4.79 Å². The zero-order valence-corrected chi connectivity index (χ0v) is 7.01. The second-order valence-electron chi connectivity index (χ2n) is 2.57. The molecular weight excluding hydrogens is 184 g/mol. The maximum absolute atomic E-state index is 10.6. The number of amidine groups is 1. The first-order valence-corrected chi connectivity index (χ1v) is 3.84. The van der Waals surface area contributed by atoms with Crippen LogP contribution in [0.4, 0.5) is 5.82 Å². The average molecular weight is 190 g/mol. The molecule has 2 rings (SSSR count). The third-order valence-electron chi connectivity index (χ3n) is 1.52. The molecule has 0 saturated heterocycles.